The lowest BCUT2D eigenvalue weighted by Crippen LogP contribution is -2.29. The van der Waals surface area contributed by atoms with Crippen LogP contribution in [0.5, 0.6) is 0 Å². The van der Waals surface area contributed by atoms with Gasteiger partial charge in [0.1, 0.15) is 0 Å². The van der Waals surface area contributed by atoms with Crippen molar-refractivity contribution >= 4 is 11.6 Å². The van der Waals surface area contributed by atoms with Crippen molar-refractivity contribution in [3.63, 3.8) is 0 Å². The molecule has 1 aliphatic rings. The molecule has 1 aliphatic heterocycles. The third kappa shape index (κ3) is 2.80. The Hall–Kier alpha value is -1.36. The molecule has 1 atom stereocenters. The van der Waals surface area contributed by atoms with Crippen LogP contribution in [0.15, 0.2) is 12.1 Å². The number of fused-ring (bicyclic) bond motifs is 1. The molecule has 0 saturated heterocycles. The van der Waals surface area contributed by atoms with Crippen LogP contribution in [0, 0.1) is 20.8 Å². The lowest BCUT2D eigenvalue weighted by molar-refractivity contribution is 0.222. The van der Waals surface area contributed by atoms with E-state index in [-0.39, 0.29) is 0 Å². The van der Waals surface area contributed by atoms with Crippen LogP contribution in [0.25, 0.3) is 0 Å². The van der Waals surface area contributed by atoms with Crippen LogP contribution in [-0.4, -0.2) is 27.8 Å². The first-order chi connectivity index (χ1) is 10.9. The van der Waals surface area contributed by atoms with E-state index in [0.29, 0.717) is 12.6 Å². The Balaban J connectivity index is 1.81. The first kappa shape index (κ1) is 16.5. The maximum Gasteiger partial charge on any atom is 0.0628 e. The lowest BCUT2D eigenvalue weighted by Gasteiger charge is -2.23. The number of aryl methyl sites for hydroxylation is 2. The van der Waals surface area contributed by atoms with E-state index in [1.54, 1.807) is 0 Å². The summed E-state index contributed by atoms with van der Waals surface area (Å²) in [5.74, 6) is 0. The van der Waals surface area contributed by atoms with Crippen LogP contribution in [0.4, 0.5) is 0 Å². The van der Waals surface area contributed by atoms with E-state index in [1.165, 1.54) is 27.9 Å². The molecule has 0 bridgehead atoms. The molecule has 1 aromatic heterocycles. The zero-order valence-electron chi connectivity index (χ0n) is 14.4. The highest BCUT2D eigenvalue weighted by Gasteiger charge is 2.30. The predicted molar refractivity (Wildman–Crippen MR) is 94.8 cm³/mol. The fourth-order valence-corrected chi connectivity index (χ4v) is 3.90. The van der Waals surface area contributed by atoms with Crippen molar-refractivity contribution in [3.05, 3.63) is 50.8 Å². The summed E-state index contributed by atoms with van der Waals surface area (Å²) in [7, 11) is 2.01. The van der Waals surface area contributed by atoms with Crippen molar-refractivity contribution in [1.29, 1.82) is 0 Å². The summed E-state index contributed by atoms with van der Waals surface area (Å²) in [4.78, 5) is 2.47. The van der Waals surface area contributed by atoms with E-state index in [1.807, 2.05) is 17.8 Å². The van der Waals surface area contributed by atoms with Gasteiger partial charge in [0.15, 0.2) is 0 Å². The third-order valence-electron chi connectivity index (χ3n) is 5.26. The smallest absolute Gasteiger partial charge is 0.0628 e. The average Bonchev–Trinajstić information content (AvgIpc) is 2.99. The molecule has 0 radical (unpaired) electrons. The minimum atomic E-state index is 0.290. The second kappa shape index (κ2) is 6.27. The fourth-order valence-electron chi connectivity index (χ4n) is 3.73. The second-order valence-corrected chi connectivity index (χ2v) is 6.89. The minimum Gasteiger partial charge on any atom is -0.329 e. The van der Waals surface area contributed by atoms with Gasteiger partial charge in [-0.15, -0.1) is 0 Å². The maximum atomic E-state index is 6.29. The number of rotatable bonds is 4. The molecule has 5 heteroatoms. The number of benzene rings is 1. The van der Waals surface area contributed by atoms with E-state index >= 15 is 0 Å². The van der Waals surface area contributed by atoms with Crippen LogP contribution in [-0.2, 0) is 20.0 Å². The predicted octanol–water partition coefficient (Wildman–Crippen LogP) is 3.06. The lowest BCUT2D eigenvalue weighted by atomic mass is 10.0. The first-order valence-corrected chi connectivity index (χ1v) is 8.52. The Morgan fingerprint density at radius 1 is 1.30 bits per heavy atom. The monoisotopic (exact) mass is 332 g/mol. The summed E-state index contributed by atoms with van der Waals surface area (Å²) in [5.41, 5.74) is 13.7. The quantitative estimate of drug-likeness (QED) is 0.936. The van der Waals surface area contributed by atoms with Gasteiger partial charge in [-0.3, -0.25) is 9.58 Å². The second-order valence-electron chi connectivity index (χ2n) is 6.49. The van der Waals surface area contributed by atoms with Gasteiger partial charge in [-0.05, 0) is 55.5 Å². The summed E-state index contributed by atoms with van der Waals surface area (Å²) in [6.07, 6.45) is 1.00. The number of halogens is 1. The fraction of sp³-hybridized carbons (Fsp3) is 0.500. The third-order valence-corrected chi connectivity index (χ3v) is 5.67. The van der Waals surface area contributed by atoms with Gasteiger partial charge in [0.2, 0.25) is 0 Å². The van der Waals surface area contributed by atoms with Crippen molar-refractivity contribution in [2.75, 3.05) is 13.1 Å². The Bertz CT molecular complexity index is 735. The standard InChI is InChI=1S/C18H25ClN4/c1-11-16-10-23(18(9-20)15(16)5-6-17(11)19)8-7-14-12(2)21-22(4)13(14)3/h5-6,18H,7-10,20H2,1-4H3. The van der Waals surface area contributed by atoms with E-state index in [0.717, 1.165) is 30.2 Å². The normalized spacial score (nSPS) is 17.7. The summed E-state index contributed by atoms with van der Waals surface area (Å²) < 4.78 is 1.97. The molecule has 0 amide bonds. The van der Waals surface area contributed by atoms with Crippen molar-refractivity contribution in [2.24, 2.45) is 12.8 Å². The zero-order valence-corrected chi connectivity index (χ0v) is 15.1. The van der Waals surface area contributed by atoms with Crippen molar-refractivity contribution in [3.8, 4) is 0 Å². The molecule has 2 N–H and O–H groups in total. The number of hydrogen-bond acceptors (Lipinski definition) is 3. The number of aromatic nitrogens is 2. The average molecular weight is 333 g/mol. The van der Waals surface area contributed by atoms with Crippen LogP contribution >= 0.6 is 11.6 Å². The number of nitrogens with two attached hydrogens (primary N) is 1. The van der Waals surface area contributed by atoms with Gasteiger partial charge in [0.05, 0.1) is 5.69 Å². The topological polar surface area (TPSA) is 47.1 Å². The minimum absolute atomic E-state index is 0.290. The summed E-state index contributed by atoms with van der Waals surface area (Å²) >= 11 is 6.29. The molecule has 1 unspecified atom stereocenters. The van der Waals surface area contributed by atoms with Crippen molar-refractivity contribution in [2.45, 2.75) is 39.8 Å². The van der Waals surface area contributed by atoms with Gasteiger partial charge in [0.25, 0.3) is 0 Å². The van der Waals surface area contributed by atoms with Gasteiger partial charge in [-0.1, -0.05) is 17.7 Å². The molecule has 124 valence electrons. The van der Waals surface area contributed by atoms with Gasteiger partial charge in [-0.2, -0.15) is 5.10 Å². The molecular weight excluding hydrogens is 308 g/mol. The number of hydrogen-bond donors (Lipinski definition) is 1. The Morgan fingerprint density at radius 3 is 2.65 bits per heavy atom. The highest BCUT2D eigenvalue weighted by molar-refractivity contribution is 6.31. The molecule has 0 fully saturated rings. The van der Waals surface area contributed by atoms with E-state index < -0.39 is 0 Å². The van der Waals surface area contributed by atoms with Crippen LogP contribution in [0.3, 0.4) is 0 Å². The zero-order chi connectivity index (χ0) is 16.7. The van der Waals surface area contributed by atoms with Gasteiger partial charge < -0.3 is 5.73 Å². The van der Waals surface area contributed by atoms with E-state index in [4.69, 9.17) is 17.3 Å². The molecule has 23 heavy (non-hydrogen) atoms. The number of nitrogens with zero attached hydrogens (tertiary/aromatic N) is 3. The highest BCUT2D eigenvalue weighted by Crippen LogP contribution is 2.37. The molecule has 3 rings (SSSR count). The van der Waals surface area contributed by atoms with Crippen LogP contribution < -0.4 is 5.73 Å². The van der Waals surface area contributed by atoms with E-state index in [2.05, 4.69) is 36.8 Å². The molecule has 0 aliphatic carbocycles. The molecule has 2 aromatic rings. The molecule has 1 aromatic carbocycles. The van der Waals surface area contributed by atoms with Crippen LogP contribution in [0.1, 0.15) is 39.7 Å². The summed E-state index contributed by atoms with van der Waals surface area (Å²) in [6.45, 7) is 8.89. The highest BCUT2D eigenvalue weighted by atomic mass is 35.5. The molecule has 0 saturated carbocycles. The van der Waals surface area contributed by atoms with Crippen molar-refractivity contribution in [1.82, 2.24) is 14.7 Å². The molecule has 0 spiro atoms. The van der Waals surface area contributed by atoms with Crippen LogP contribution in [0.2, 0.25) is 5.02 Å². The first-order valence-electron chi connectivity index (χ1n) is 8.15. The van der Waals surface area contributed by atoms with Gasteiger partial charge in [-0.25, -0.2) is 0 Å². The SMILES string of the molecule is Cc1nn(C)c(C)c1CCN1Cc2c(ccc(Cl)c2C)C1CN. The van der Waals surface area contributed by atoms with Crippen molar-refractivity contribution < 1.29 is 0 Å². The Morgan fingerprint density at radius 2 is 2.04 bits per heavy atom. The molecule has 4 nitrogen and oxygen atoms in total. The Labute approximate surface area is 143 Å². The van der Waals surface area contributed by atoms with Gasteiger partial charge in [0, 0.05) is 43.4 Å². The molecule has 2 heterocycles. The largest absolute Gasteiger partial charge is 0.329 e. The Kier molecular flexibility index (Phi) is 4.50. The summed E-state index contributed by atoms with van der Waals surface area (Å²) in [5, 5.41) is 5.36. The molecular formula is C18H25ClN4. The maximum absolute atomic E-state index is 6.29. The van der Waals surface area contributed by atoms with E-state index in [9.17, 15) is 0 Å². The summed E-state index contributed by atoms with van der Waals surface area (Å²) in [6, 6.07) is 4.43. The van der Waals surface area contributed by atoms with Gasteiger partial charge >= 0.3 is 0 Å².